The van der Waals surface area contributed by atoms with Crippen molar-refractivity contribution in [2.24, 2.45) is 5.92 Å². The van der Waals surface area contributed by atoms with Crippen LogP contribution in [-0.4, -0.2) is 23.3 Å². The van der Waals surface area contributed by atoms with Crippen LogP contribution in [0.1, 0.15) is 36.8 Å². The van der Waals surface area contributed by atoms with Crippen LogP contribution >= 0.6 is 0 Å². The topological polar surface area (TPSA) is 58.6 Å². The quantitative estimate of drug-likeness (QED) is 0.873. The molecule has 28 heavy (non-hydrogen) atoms. The van der Waals surface area contributed by atoms with Crippen molar-refractivity contribution in [2.45, 2.75) is 38.8 Å². The molecule has 4 rings (SSSR count). The minimum Gasteiger partial charge on any atom is -0.483 e. The summed E-state index contributed by atoms with van der Waals surface area (Å²) in [5, 5.41) is 3.00. The van der Waals surface area contributed by atoms with Crippen LogP contribution in [0.25, 0.3) is 0 Å². The van der Waals surface area contributed by atoms with Crippen LogP contribution in [0.15, 0.2) is 42.5 Å². The molecule has 2 aromatic rings. The van der Waals surface area contributed by atoms with Crippen LogP contribution in [0.4, 0.5) is 10.1 Å². The number of carbonyl (C=O) groups excluding carboxylic acids is 2. The molecule has 1 heterocycles. The highest BCUT2D eigenvalue weighted by molar-refractivity contribution is 5.93. The number of carbonyl (C=O) groups is 2. The van der Waals surface area contributed by atoms with Crippen LogP contribution in [-0.2, 0) is 22.7 Å². The first-order valence-electron chi connectivity index (χ1n) is 9.67. The van der Waals surface area contributed by atoms with Gasteiger partial charge in [-0.15, -0.1) is 0 Å². The molecule has 2 aliphatic rings. The van der Waals surface area contributed by atoms with E-state index in [9.17, 15) is 14.0 Å². The maximum Gasteiger partial charge on any atom is 0.261 e. The van der Waals surface area contributed by atoms with Crippen molar-refractivity contribution in [1.29, 1.82) is 0 Å². The van der Waals surface area contributed by atoms with Gasteiger partial charge in [0.1, 0.15) is 11.6 Å². The number of nitrogens with zero attached hydrogens (tertiary/aromatic N) is 1. The number of ether oxygens (including phenoxy) is 1. The zero-order valence-corrected chi connectivity index (χ0v) is 15.6. The Morgan fingerprint density at radius 1 is 1.14 bits per heavy atom. The largest absolute Gasteiger partial charge is 0.483 e. The second kappa shape index (κ2) is 8.00. The third-order valence-electron chi connectivity index (χ3n) is 5.41. The van der Waals surface area contributed by atoms with Crippen molar-refractivity contribution in [3.05, 3.63) is 59.4 Å². The minimum atomic E-state index is -0.303. The van der Waals surface area contributed by atoms with E-state index in [1.165, 1.54) is 12.1 Å². The molecule has 5 nitrogen and oxygen atoms in total. The van der Waals surface area contributed by atoms with Gasteiger partial charge in [0.15, 0.2) is 6.61 Å². The predicted octanol–water partition coefficient (Wildman–Crippen LogP) is 3.88. The molecular formula is C22H23FN2O3. The number of fused-ring (bicyclic) bond motifs is 1. The first kappa shape index (κ1) is 18.5. The predicted molar refractivity (Wildman–Crippen MR) is 103 cm³/mol. The Labute approximate surface area is 163 Å². The molecule has 2 amide bonds. The molecule has 1 aliphatic carbocycles. The van der Waals surface area contributed by atoms with Crippen molar-refractivity contribution >= 4 is 17.5 Å². The Morgan fingerprint density at radius 3 is 2.64 bits per heavy atom. The summed E-state index contributed by atoms with van der Waals surface area (Å²) >= 11 is 0. The van der Waals surface area contributed by atoms with Crippen molar-refractivity contribution in [1.82, 2.24) is 4.90 Å². The Kier molecular flexibility index (Phi) is 5.28. The van der Waals surface area contributed by atoms with E-state index in [1.54, 1.807) is 23.1 Å². The van der Waals surface area contributed by atoms with E-state index in [2.05, 4.69) is 5.32 Å². The second-order valence-electron chi connectivity index (χ2n) is 7.46. The molecule has 1 saturated carbocycles. The minimum absolute atomic E-state index is 0.0397. The van der Waals surface area contributed by atoms with Gasteiger partial charge in [-0.2, -0.15) is 0 Å². The van der Waals surface area contributed by atoms with Crippen LogP contribution in [0.2, 0.25) is 0 Å². The maximum absolute atomic E-state index is 13.1. The monoisotopic (exact) mass is 382 g/mol. The molecule has 2 aromatic carbocycles. The number of benzene rings is 2. The molecule has 146 valence electrons. The summed E-state index contributed by atoms with van der Waals surface area (Å²) in [6.07, 6.45) is 4.10. The second-order valence-corrected chi connectivity index (χ2v) is 7.46. The lowest BCUT2D eigenvalue weighted by atomic mass is 10.1. The zero-order chi connectivity index (χ0) is 19.5. The number of amides is 2. The molecule has 0 atom stereocenters. The molecule has 0 unspecified atom stereocenters. The third-order valence-corrected chi connectivity index (χ3v) is 5.41. The third kappa shape index (κ3) is 4.16. The Bertz CT molecular complexity index is 876. The fraction of sp³-hybridized carbons (Fsp3) is 0.364. The molecule has 0 bridgehead atoms. The van der Waals surface area contributed by atoms with Crippen LogP contribution in [0.3, 0.4) is 0 Å². The molecule has 0 aromatic heterocycles. The van der Waals surface area contributed by atoms with Crippen molar-refractivity contribution < 1.29 is 18.7 Å². The van der Waals surface area contributed by atoms with Gasteiger partial charge in [-0.1, -0.05) is 25.0 Å². The fourth-order valence-corrected chi connectivity index (χ4v) is 3.83. The molecule has 6 heteroatoms. The SMILES string of the molecule is O=C(Nc1ccc2c(c1)CN(Cc1ccc(F)cc1)C(=O)CO2)C1CCCC1. The van der Waals surface area contributed by atoms with Crippen LogP contribution in [0.5, 0.6) is 5.75 Å². The lowest BCUT2D eigenvalue weighted by Gasteiger charge is -2.20. The highest BCUT2D eigenvalue weighted by Gasteiger charge is 2.24. The van der Waals surface area contributed by atoms with Gasteiger partial charge in [0.25, 0.3) is 5.91 Å². The van der Waals surface area contributed by atoms with E-state index < -0.39 is 0 Å². The van der Waals surface area contributed by atoms with Crippen molar-refractivity contribution in [3.63, 3.8) is 0 Å². The Morgan fingerprint density at radius 2 is 1.89 bits per heavy atom. The van der Waals surface area contributed by atoms with E-state index in [-0.39, 0.29) is 30.2 Å². The average molecular weight is 382 g/mol. The summed E-state index contributed by atoms with van der Waals surface area (Å²) in [6, 6.07) is 11.6. The van der Waals surface area contributed by atoms with E-state index >= 15 is 0 Å². The number of nitrogens with one attached hydrogen (secondary N) is 1. The van der Waals surface area contributed by atoms with Gasteiger partial charge in [0.05, 0.1) is 0 Å². The summed E-state index contributed by atoms with van der Waals surface area (Å²) in [5.74, 6) is 0.367. The standard InChI is InChI=1S/C22H23FN2O3/c23-18-7-5-15(6-8-18)12-25-13-17-11-19(9-10-20(17)28-14-21(25)26)24-22(27)16-3-1-2-4-16/h5-11,16H,1-4,12-14H2,(H,24,27). The lowest BCUT2D eigenvalue weighted by Crippen LogP contribution is -2.31. The summed E-state index contributed by atoms with van der Waals surface area (Å²) in [4.78, 5) is 26.5. The van der Waals surface area contributed by atoms with Gasteiger partial charge in [0.2, 0.25) is 5.91 Å². The van der Waals surface area contributed by atoms with Gasteiger partial charge < -0.3 is 15.0 Å². The Balaban J connectivity index is 1.50. The summed E-state index contributed by atoms with van der Waals surface area (Å²) in [6.45, 7) is 0.710. The summed E-state index contributed by atoms with van der Waals surface area (Å²) < 4.78 is 18.8. The normalized spacial score (nSPS) is 17.0. The molecule has 0 saturated heterocycles. The fourth-order valence-electron chi connectivity index (χ4n) is 3.83. The maximum atomic E-state index is 13.1. The van der Waals surface area contributed by atoms with Gasteiger partial charge in [-0.05, 0) is 48.7 Å². The highest BCUT2D eigenvalue weighted by atomic mass is 19.1. The van der Waals surface area contributed by atoms with Crippen LogP contribution < -0.4 is 10.1 Å². The highest BCUT2D eigenvalue weighted by Crippen LogP contribution is 2.29. The van der Waals surface area contributed by atoms with E-state index in [4.69, 9.17) is 4.74 Å². The lowest BCUT2D eigenvalue weighted by molar-refractivity contribution is -0.133. The van der Waals surface area contributed by atoms with Gasteiger partial charge in [-0.3, -0.25) is 9.59 Å². The number of anilines is 1. The summed E-state index contributed by atoms with van der Waals surface area (Å²) in [5.41, 5.74) is 2.41. The first-order chi connectivity index (χ1) is 13.6. The Hall–Kier alpha value is -2.89. The molecule has 1 fully saturated rings. The molecule has 0 spiro atoms. The van der Waals surface area contributed by atoms with E-state index in [0.717, 1.165) is 42.5 Å². The number of hydrogen-bond donors (Lipinski definition) is 1. The molecule has 1 N–H and O–H groups in total. The smallest absolute Gasteiger partial charge is 0.261 e. The summed E-state index contributed by atoms with van der Waals surface area (Å²) in [7, 11) is 0. The van der Waals surface area contributed by atoms with Crippen LogP contribution in [0, 0.1) is 11.7 Å². The molecule has 0 radical (unpaired) electrons. The van der Waals surface area contributed by atoms with Gasteiger partial charge in [0, 0.05) is 30.3 Å². The zero-order valence-electron chi connectivity index (χ0n) is 15.6. The molecule has 1 aliphatic heterocycles. The van der Waals surface area contributed by atoms with E-state index in [1.807, 2.05) is 12.1 Å². The number of rotatable bonds is 4. The first-order valence-corrected chi connectivity index (χ1v) is 9.67. The van der Waals surface area contributed by atoms with Gasteiger partial charge >= 0.3 is 0 Å². The van der Waals surface area contributed by atoms with Crippen molar-refractivity contribution in [2.75, 3.05) is 11.9 Å². The van der Waals surface area contributed by atoms with Crippen molar-refractivity contribution in [3.8, 4) is 5.75 Å². The number of halogens is 1. The molecular weight excluding hydrogens is 359 g/mol. The number of hydrogen-bond acceptors (Lipinski definition) is 3. The average Bonchev–Trinajstić information content (AvgIpc) is 3.18. The van der Waals surface area contributed by atoms with E-state index in [0.29, 0.717) is 18.8 Å². The van der Waals surface area contributed by atoms with Gasteiger partial charge in [-0.25, -0.2) is 4.39 Å².